The van der Waals surface area contributed by atoms with Crippen LogP contribution in [0.5, 0.6) is 0 Å². The van der Waals surface area contributed by atoms with Crippen LogP contribution in [-0.2, 0) is 34.8 Å². The summed E-state index contributed by atoms with van der Waals surface area (Å²) < 4.78 is 32.3. The van der Waals surface area contributed by atoms with Gasteiger partial charge in [-0.05, 0) is 48.5 Å². The summed E-state index contributed by atoms with van der Waals surface area (Å²) in [7, 11) is -2.39. The molecule has 0 bridgehead atoms. The first-order valence-electron chi connectivity index (χ1n) is 12.9. The molecule has 2 aliphatic rings. The Bertz CT molecular complexity index is 1410. The minimum atomic E-state index is -3.47. The Kier molecular flexibility index (Phi) is 7.61. The van der Waals surface area contributed by atoms with Crippen molar-refractivity contribution in [3.63, 3.8) is 0 Å². The molecule has 2 fully saturated rings. The fourth-order valence-electron chi connectivity index (χ4n) is 4.41. The molecule has 0 spiro atoms. The monoisotopic (exact) mass is 595 g/mol. The zero-order valence-corrected chi connectivity index (χ0v) is 25.5. The predicted molar refractivity (Wildman–Crippen MR) is 150 cm³/mol. The molecule has 1 unspecified atom stereocenters. The molecule has 0 radical (unpaired) electrons. The number of hydrogen-bond donors (Lipinski definition) is 2. The van der Waals surface area contributed by atoms with E-state index in [1.54, 1.807) is 23.0 Å². The molecule has 5 atom stereocenters. The summed E-state index contributed by atoms with van der Waals surface area (Å²) in [6, 6.07) is 3.53. The van der Waals surface area contributed by atoms with E-state index < -0.39 is 39.6 Å². The van der Waals surface area contributed by atoms with E-state index in [0.29, 0.717) is 35.6 Å². The van der Waals surface area contributed by atoms with E-state index in [-0.39, 0.29) is 23.4 Å². The predicted octanol–water partition coefficient (Wildman–Crippen LogP) is 4.74. The van der Waals surface area contributed by atoms with Gasteiger partial charge in [-0.15, -0.1) is 0 Å². The molecule has 39 heavy (non-hydrogen) atoms. The number of rotatable bonds is 7. The van der Waals surface area contributed by atoms with Crippen LogP contribution < -0.4 is 5.32 Å². The van der Waals surface area contributed by atoms with Crippen LogP contribution in [0.15, 0.2) is 29.1 Å². The average Bonchev–Trinajstić information content (AvgIpc) is 3.56. The van der Waals surface area contributed by atoms with Crippen LogP contribution in [0.4, 0.5) is 5.82 Å². The molecule has 0 aromatic carbocycles. The summed E-state index contributed by atoms with van der Waals surface area (Å²) in [6.07, 6.45) is 1.26. The first-order chi connectivity index (χ1) is 18.3. The number of anilines is 1. The van der Waals surface area contributed by atoms with Crippen molar-refractivity contribution in [3.05, 3.63) is 24.7 Å². The molecule has 212 valence electrons. The van der Waals surface area contributed by atoms with Gasteiger partial charge in [0.2, 0.25) is 5.91 Å². The topological polar surface area (TPSA) is 143 Å². The number of ether oxygens (including phenoxy) is 1. The highest BCUT2D eigenvalue weighted by Crippen LogP contribution is 2.55. The van der Waals surface area contributed by atoms with Crippen LogP contribution >= 0.6 is 6.72 Å². The van der Waals surface area contributed by atoms with Crippen LogP contribution in [0, 0.1) is 0 Å². The van der Waals surface area contributed by atoms with Gasteiger partial charge in [0.05, 0.1) is 12.9 Å². The quantitative estimate of drug-likeness (QED) is 0.289. The Morgan fingerprint density at radius 3 is 2.79 bits per heavy atom. The molecular weight excluding hydrogens is 561 g/mol. The van der Waals surface area contributed by atoms with Crippen molar-refractivity contribution in [2.45, 2.75) is 83.2 Å². The second-order valence-corrected chi connectivity index (χ2v) is 18.8. The van der Waals surface area contributed by atoms with Crippen molar-refractivity contribution >= 4 is 49.7 Å². The second kappa shape index (κ2) is 10.4. The second-order valence-electron chi connectivity index (χ2n) is 11.2. The number of furan rings is 1. The molecule has 2 N–H and O–H groups in total. The standard InChI is InChI=1S/C24H34N5O7PSSi/c1-7-9-16(30)27-20-17-22(26-13-25-20)29(21(28-17)14-10-8-11-32-14)23-19(36-39(5,6)24(2,3)4)18-15(34-23)12-33-37(31,38)35-18/h8,10-11,13,15,18-19,23H,7,9,12H2,1-6H3,(H,31,38)(H,25,26,27,30)/t15-,18-,19-,23-,37?/m1/s1. The Hall–Kier alpha value is -2.03. The van der Waals surface area contributed by atoms with Crippen LogP contribution in [0.25, 0.3) is 22.7 Å². The highest BCUT2D eigenvalue weighted by molar-refractivity contribution is 8.07. The molecule has 5 rings (SSSR count). The summed E-state index contributed by atoms with van der Waals surface area (Å²) in [4.78, 5) is 36.6. The molecule has 2 aliphatic heterocycles. The number of amides is 1. The summed E-state index contributed by atoms with van der Waals surface area (Å²) in [5.41, 5.74) is 0.794. The van der Waals surface area contributed by atoms with Crippen molar-refractivity contribution < 1.29 is 32.3 Å². The maximum absolute atomic E-state index is 12.4. The lowest BCUT2D eigenvalue weighted by molar-refractivity contribution is -0.116. The number of aromatic nitrogens is 4. The van der Waals surface area contributed by atoms with Gasteiger partial charge in [0.1, 0.15) is 24.6 Å². The molecule has 5 heterocycles. The Morgan fingerprint density at radius 2 is 2.13 bits per heavy atom. The third-order valence-corrected chi connectivity index (χ3v) is 13.4. The Morgan fingerprint density at radius 1 is 1.36 bits per heavy atom. The highest BCUT2D eigenvalue weighted by atomic mass is 32.5. The summed E-state index contributed by atoms with van der Waals surface area (Å²) in [5, 5.41) is 2.72. The van der Waals surface area contributed by atoms with Gasteiger partial charge in [-0.2, -0.15) is 0 Å². The lowest BCUT2D eigenvalue weighted by Crippen LogP contribution is -2.50. The van der Waals surface area contributed by atoms with E-state index in [1.807, 2.05) is 6.92 Å². The highest BCUT2D eigenvalue weighted by Gasteiger charge is 2.56. The van der Waals surface area contributed by atoms with E-state index in [0.717, 1.165) is 0 Å². The molecule has 2 saturated heterocycles. The SMILES string of the molecule is CCCC(=O)Nc1ncnc2c1nc(-c1ccco1)n2[C@@H]1O[C@@H]2COP(O)(=S)O[C@H]2[C@H]1O[Si](C)(C)C(C)(C)C. The zero-order chi connectivity index (χ0) is 28.2. The maximum Gasteiger partial charge on any atom is 0.325 e. The van der Waals surface area contributed by atoms with Gasteiger partial charge >= 0.3 is 6.72 Å². The fourth-order valence-corrected chi connectivity index (χ4v) is 7.14. The van der Waals surface area contributed by atoms with Crippen molar-refractivity contribution in [1.29, 1.82) is 0 Å². The first-order valence-corrected chi connectivity index (χ1v) is 18.4. The maximum atomic E-state index is 12.4. The lowest BCUT2D eigenvalue weighted by Gasteiger charge is -2.41. The van der Waals surface area contributed by atoms with Crippen molar-refractivity contribution in [1.82, 2.24) is 19.5 Å². The normalized spacial score (nSPS) is 27.6. The van der Waals surface area contributed by atoms with Gasteiger partial charge in [0.25, 0.3) is 0 Å². The number of carbonyl (C=O) groups is 1. The number of nitrogens with one attached hydrogen (secondary N) is 1. The van der Waals surface area contributed by atoms with Crippen LogP contribution in [0.2, 0.25) is 18.1 Å². The zero-order valence-electron chi connectivity index (χ0n) is 22.8. The van der Waals surface area contributed by atoms with E-state index in [2.05, 4.69) is 49.1 Å². The smallest absolute Gasteiger partial charge is 0.325 e. The molecule has 1 amide bonds. The molecule has 15 heteroatoms. The molecule has 0 aliphatic carbocycles. The largest absolute Gasteiger partial charge is 0.461 e. The molecule has 3 aromatic heterocycles. The molecule has 3 aromatic rings. The Balaban J connectivity index is 1.67. The van der Waals surface area contributed by atoms with Gasteiger partial charge in [-0.3, -0.25) is 13.9 Å². The summed E-state index contributed by atoms with van der Waals surface area (Å²) in [6.45, 7) is 9.21. The fraction of sp³-hybridized carbons (Fsp3) is 0.583. The molecule has 12 nitrogen and oxygen atoms in total. The van der Waals surface area contributed by atoms with E-state index in [9.17, 15) is 9.69 Å². The third kappa shape index (κ3) is 5.49. The minimum Gasteiger partial charge on any atom is -0.461 e. The number of hydrogen-bond acceptors (Lipinski definition) is 10. The molecular formula is C24H34N5O7PSSi. The van der Waals surface area contributed by atoms with E-state index in [1.165, 1.54) is 6.33 Å². The van der Waals surface area contributed by atoms with E-state index >= 15 is 0 Å². The van der Waals surface area contributed by atoms with Crippen LogP contribution in [0.1, 0.15) is 46.8 Å². The van der Waals surface area contributed by atoms with E-state index in [4.69, 9.17) is 39.4 Å². The minimum absolute atomic E-state index is 0.0579. The number of carbonyl (C=O) groups excluding carboxylic acids is 1. The summed E-state index contributed by atoms with van der Waals surface area (Å²) >= 11 is 5.20. The van der Waals surface area contributed by atoms with Gasteiger partial charge < -0.3 is 28.3 Å². The number of nitrogens with zero attached hydrogens (tertiary/aromatic N) is 4. The first kappa shape index (κ1) is 28.5. The van der Waals surface area contributed by atoms with Crippen LogP contribution in [-0.4, -0.2) is 63.6 Å². The third-order valence-electron chi connectivity index (χ3n) is 7.39. The van der Waals surface area contributed by atoms with Crippen molar-refractivity contribution in [3.8, 4) is 11.6 Å². The van der Waals surface area contributed by atoms with Gasteiger partial charge in [0.15, 0.2) is 43.1 Å². The van der Waals surface area contributed by atoms with Crippen molar-refractivity contribution in [2.75, 3.05) is 11.9 Å². The van der Waals surface area contributed by atoms with Gasteiger partial charge in [0, 0.05) is 6.42 Å². The van der Waals surface area contributed by atoms with Gasteiger partial charge in [-0.25, -0.2) is 15.0 Å². The molecule has 0 saturated carbocycles. The number of imidazole rings is 1. The average molecular weight is 596 g/mol. The van der Waals surface area contributed by atoms with Crippen LogP contribution in [0.3, 0.4) is 0 Å². The number of fused-ring (bicyclic) bond motifs is 2. The summed E-state index contributed by atoms with van der Waals surface area (Å²) in [5.74, 6) is 0.993. The van der Waals surface area contributed by atoms with Crippen molar-refractivity contribution in [2.24, 2.45) is 0 Å². The van der Waals surface area contributed by atoms with Gasteiger partial charge in [-0.1, -0.05) is 27.7 Å². The lowest BCUT2D eigenvalue weighted by atomic mass is 10.1. The Labute approximate surface area is 232 Å².